The highest BCUT2D eigenvalue weighted by atomic mass is 79.9. The topological polar surface area (TPSA) is 101 Å². The Labute approximate surface area is 253 Å². The molecule has 0 atom stereocenters. The Hall–Kier alpha value is -2.46. The summed E-state index contributed by atoms with van der Waals surface area (Å²) in [7, 11) is 0. The molecule has 5 rings (SSSR count). The van der Waals surface area contributed by atoms with Gasteiger partial charge in [-0.2, -0.15) is 4.74 Å². The summed E-state index contributed by atoms with van der Waals surface area (Å²) in [4.78, 5) is 2.06. The van der Waals surface area contributed by atoms with Crippen molar-refractivity contribution in [2.75, 3.05) is 31.2 Å². The van der Waals surface area contributed by atoms with E-state index in [1.54, 1.807) is 12.1 Å². The Morgan fingerprint density at radius 3 is 2.05 bits per heavy atom. The van der Waals surface area contributed by atoms with Crippen molar-refractivity contribution in [2.45, 2.75) is 0 Å². The smallest absolute Gasteiger partial charge is 0.296 e. The summed E-state index contributed by atoms with van der Waals surface area (Å²) in [6.07, 6.45) is 1.14. The van der Waals surface area contributed by atoms with E-state index in [1.807, 2.05) is 0 Å². The Bertz CT molecular complexity index is 1610. The van der Waals surface area contributed by atoms with Gasteiger partial charge in [-0.15, -0.1) is 0 Å². The number of nitrogens with zero attached hydrogens (tertiary/aromatic N) is 5. The summed E-state index contributed by atoms with van der Waals surface area (Å²) in [6.45, 7) is 2.25. The van der Waals surface area contributed by atoms with E-state index in [9.17, 15) is 19.2 Å². The monoisotopic (exact) mass is 792 g/mol. The molecule has 0 spiro atoms. The second-order valence-corrected chi connectivity index (χ2v) is 11.7. The maximum absolute atomic E-state index is 14.1. The van der Waals surface area contributed by atoms with Crippen molar-refractivity contribution in [3.05, 3.63) is 76.7 Å². The molecule has 3 aromatic carbocycles. The van der Waals surface area contributed by atoms with Gasteiger partial charge in [0.15, 0.2) is 0 Å². The van der Waals surface area contributed by atoms with Crippen LogP contribution in [0.5, 0.6) is 0 Å². The summed E-state index contributed by atoms with van der Waals surface area (Å²) >= 11 is 13.0. The van der Waals surface area contributed by atoms with Crippen molar-refractivity contribution in [2.24, 2.45) is 0 Å². The molecule has 0 amide bonds. The number of morpholine rings is 1. The molecular weight excluding hydrogens is 780 g/mol. The van der Waals surface area contributed by atoms with Crippen LogP contribution < -0.4 is 4.90 Å². The maximum atomic E-state index is 14.1. The SMILES string of the molecule is [O-][N+](=C(C=[N+](O)c1c(Br)cc(F)cc1Br)c1cc(N2CCOCC2)cc2nonc12)c1c(Br)cc(F)cc1Br. The van der Waals surface area contributed by atoms with Crippen molar-refractivity contribution < 1.29 is 32.8 Å². The zero-order valence-electron chi connectivity index (χ0n) is 19.5. The van der Waals surface area contributed by atoms with Gasteiger partial charge in [-0.25, -0.2) is 13.4 Å². The maximum Gasteiger partial charge on any atom is 0.296 e. The fourth-order valence-corrected chi connectivity index (χ4v) is 7.04. The van der Waals surface area contributed by atoms with Crippen molar-refractivity contribution in [1.29, 1.82) is 0 Å². The van der Waals surface area contributed by atoms with E-state index in [0.717, 1.165) is 36.2 Å². The van der Waals surface area contributed by atoms with Crippen LogP contribution in [0.1, 0.15) is 5.56 Å². The molecule has 1 aromatic heterocycles. The molecule has 2 heterocycles. The summed E-state index contributed by atoms with van der Waals surface area (Å²) in [6, 6.07) is 8.12. The first kappa shape index (κ1) is 28.1. The third-order valence-electron chi connectivity index (χ3n) is 5.86. The van der Waals surface area contributed by atoms with E-state index >= 15 is 0 Å². The van der Waals surface area contributed by atoms with Crippen LogP contribution in [0.4, 0.5) is 25.8 Å². The van der Waals surface area contributed by atoms with Crippen LogP contribution in [0.3, 0.4) is 0 Å². The largest absolute Gasteiger partial charge is 0.618 e. The molecule has 0 aliphatic carbocycles. The van der Waals surface area contributed by atoms with Gasteiger partial charge < -0.3 is 14.8 Å². The van der Waals surface area contributed by atoms with Crippen LogP contribution in [0.15, 0.2) is 58.9 Å². The van der Waals surface area contributed by atoms with E-state index < -0.39 is 11.6 Å². The first-order chi connectivity index (χ1) is 18.6. The van der Waals surface area contributed by atoms with E-state index in [-0.39, 0.29) is 46.1 Å². The van der Waals surface area contributed by atoms with Crippen LogP contribution in [0.2, 0.25) is 0 Å². The molecule has 39 heavy (non-hydrogen) atoms. The van der Waals surface area contributed by atoms with E-state index in [1.165, 1.54) is 0 Å². The third-order valence-corrected chi connectivity index (χ3v) is 8.27. The highest BCUT2D eigenvalue weighted by molar-refractivity contribution is 9.11. The Balaban J connectivity index is 1.81. The number of anilines is 1. The van der Waals surface area contributed by atoms with Crippen molar-refractivity contribution in [3.63, 3.8) is 0 Å². The van der Waals surface area contributed by atoms with Gasteiger partial charge in [-0.1, -0.05) is 0 Å². The molecule has 0 unspecified atom stereocenters. The molecule has 1 N–H and O–H groups in total. The van der Waals surface area contributed by atoms with Crippen LogP contribution in [0, 0.1) is 16.8 Å². The van der Waals surface area contributed by atoms with E-state index in [4.69, 9.17) is 9.37 Å². The normalized spacial score (nSPS) is 15.1. The van der Waals surface area contributed by atoms with Crippen LogP contribution in [-0.2, 0) is 4.74 Å². The summed E-state index contributed by atoms with van der Waals surface area (Å²) < 4.78 is 40.3. The molecule has 1 aliphatic rings. The van der Waals surface area contributed by atoms with Gasteiger partial charge in [0.1, 0.15) is 22.7 Å². The number of ether oxygens (including phenoxy) is 1. The standard InChI is InChI=1S/C24H16Br4F2N5O4/c25-16-5-12(29)6-17(26)23(16)34(36)11-21(35(37)24-18(27)7-13(30)8-19(24)28)15-9-14(33-1-3-38-4-2-33)10-20-22(15)32-39-31-20/h5-11,36H,1-4H2/q+1. The average molecular weight is 796 g/mol. The Morgan fingerprint density at radius 2 is 1.46 bits per heavy atom. The molecule has 4 aromatic rings. The van der Waals surface area contributed by atoms with Gasteiger partial charge in [0.05, 0.1) is 36.7 Å². The molecule has 1 saturated heterocycles. The highest BCUT2D eigenvalue weighted by Gasteiger charge is 2.30. The summed E-state index contributed by atoms with van der Waals surface area (Å²) in [5.74, 6) is -1.12. The summed E-state index contributed by atoms with van der Waals surface area (Å²) in [5.41, 5.74) is 1.65. The Kier molecular flexibility index (Phi) is 8.33. The summed E-state index contributed by atoms with van der Waals surface area (Å²) in [5, 5.41) is 33.2. The second kappa shape index (κ2) is 11.6. The zero-order valence-corrected chi connectivity index (χ0v) is 25.9. The first-order valence-corrected chi connectivity index (χ1v) is 14.4. The van der Waals surface area contributed by atoms with E-state index in [0.29, 0.717) is 41.3 Å². The van der Waals surface area contributed by atoms with Crippen molar-refractivity contribution >= 4 is 104 Å². The number of fused-ring (bicyclic) bond motifs is 1. The van der Waals surface area contributed by atoms with Gasteiger partial charge >= 0.3 is 0 Å². The number of hydrogen-bond donors (Lipinski definition) is 1. The minimum Gasteiger partial charge on any atom is -0.618 e. The lowest BCUT2D eigenvalue weighted by Gasteiger charge is -2.29. The predicted octanol–water partition coefficient (Wildman–Crippen LogP) is 6.82. The lowest BCUT2D eigenvalue weighted by molar-refractivity contribution is -0.709. The van der Waals surface area contributed by atoms with Crippen LogP contribution in [0.25, 0.3) is 11.0 Å². The van der Waals surface area contributed by atoms with Crippen molar-refractivity contribution in [1.82, 2.24) is 10.3 Å². The molecule has 1 aliphatic heterocycles. The van der Waals surface area contributed by atoms with Crippen LogP contribution in [-0.4, -0.2) is 63.2 Å². The minimum atomic E-state index is -0.572. The van der Waals surface area contributed by atoms with Gasteiger partial charge in [-0.05, 0) is 110 Å². The number of halogens is 6. The number of rotatable bonds is 5. The fourth-order valence-electron chi connectivity index (χ4n) is 4.09. The average Bonchev–Trinajstić information content (AvgIpc) is 3.35. The zero-order chi connectivity index (χ0) is 27.8. The molecule has 202 valence electrons. The number of hydrogen-bond acceptors (Lipinski definition) is 7. The molecule has 0 saturated carbocycles. The lowest BCUT2D eigenvalue weighted by atomic mass is 10.1. The molecule has 0 bridgehead atoms. The third kappa shape index (κ3) is 5.73. The van der Waals surface area contributed by atoms with Crippen LogP contribution >= 0.6 is 63.7 Å². The predicted molar refractivity (Wildman–Crippen MR) is 154 cm³/mol. The number of aromatic nitrogens is 2. The highest BCUT2D eigenvalue weighted by Crippen LogP contribution is 2.36. The Morgan fingerprint density at radius 1 is 0.897 bits per heavy atom. The fraction of sp³-hybridized carbons (Fsp3) is 0.167. The van der Waals surface area contributed by atoms with Gasteiger partial charge in [0.2, 0.25) is 5.69 Å². The van der Waals surface area contributed by atoms with Gasteiger partial charge in [-0.3, -0.25) is 5.21 Å². The first-order valence-electron chi connectivity index (χ1n) is 11.2. The van der Waals surface area contributed by atoms with Gasteiger partial charge in [0.25, 0.3) is 17.6 Å². The van der Waals surface area contributed by atoms with E-state index in [2.05, 4.69) is 78.9 Å². The lowest BCUT2D eigenvalue weighted by Crippen LogP contribution is -2.36. The minimum absolute atomic E-state index is 0.0228. The molecule has 15 heteroatoms. The molecular formula is C24H16Br4F2N5O4+. The van der Waals surface area contributed by atoms with Gasteiger partial charge in [0, 0.05) is 23.5 Å². The molecule has 0 radical (unpaired) electrons. The quantitative estimate of drug-likeness (QED) is 0.0779. The second-order valence-electron chi connectivity index (χ2n) is 8.31. The molecule has 9 nitrogen and oxygen atoms in total. The number of benzene rings is 3. The molecule has 1 fully saturated rings. The van der Waals surface area contributed by atoms with Crippen molar-refractivity contribution in [3.8, 4) is 0 Å².